The predicted octanol–water partition coefficient (Wildman–Crippen LogP) is 4.21. The van der Waals surface area contributed by atoms with Crippen LogP contribution in [0.2, 0.25) is 0 Å². The summed E-state index contributed by atoms with van der Waals surface area (Å²) in [6, 6.07) is 12.4. The monoisotopic (exact) mass is 473 g/mol. The van der Waals surface area contributed by atoms with Crippen LogP contribution in [0.5, 0.6) is 0 Å². The lowest BCUT2D eigenvalue weighted by atomic mass is 9.65. The van der Waals surface area contributed by atoms with Gasteiger partial charge in [-0.2, -0.15) is 15.5 Å². The number of rotatable bonds is 4. The molecule has 1 aromatic carbocycles. The molecule has 0 unspecified atom stereocenters. The van der Waals surface area contributed by atoms with Crippen molar-refractivity contribution < 1.29 is 9.53 Å². The van der Waals surface area contributed by atoms with E-state index in [1.807, 2.05) is 62.0 Å². The van der Waals surface area contributed by atoms with E-state index >= 15 is 0 Å². The number of hydrogen-bond donors (Lipinski definition) is 1. The number of likely N-dealkylation sites (tertiary alicyclic amines) is 1. The molecule has 1 aliphatic carbocycles. The highest BCUT2D eigenvalue weighted by atomic mass is 16.6. The van der Waals surface area contributed by atoms with Crippen LogP contribution in [0.25, 0.3) is 11.3 Å². The molecule has 2 N–H and O–H groups in total. The molecule has 5 rings (SSSR count). The highest BCUT2D eigenvalue weighted by Gasteiger charge is 2.51. The Balaban J connectivity index is 1.29. The Kier molecular flexibility index (Phi) is 5.55. The number of anilines is 1. The number of benzene rings is 1. The summed E-state index contributed by atoms with van der Waals surface area (Å²) in [6.07, 6.45) is 6.06. The number of hydrogen-bond acceptors (Lipinski definition) is 6. The molecular weight excluding hydrogens is 442 g/mol. The second-order valence-electron chi connectivity index (χ2n) is 10.8. The van der Waals surface area contributed by atoms with Crippen LogP contribution in [-0.2, 0) is 11.3 Å². The predicted molar refractivity (Wildman–Crippen MR) is 131 cm³/mol. The van der Waals surface area contributed by atoms with E-state index in [9.17, 15) is 10.1 Å². The fourth-order valence-electron chi connectivity index (χ4n) is 5.24. The van der Waals surface area contributed by atoms with E-state index in [0.717, 1.165) is 30.4 Å². The van der Waals surface area contributed by atoms with Crippen LogP contribution in [0.15, 0.2) is 42.7 Å². The first-order valence-corrected chi connectivity index (χ1v) is 12.0. The molecule has 9 nitrogen and oxygen atoms in total. The Morgan fingerprint density at radius 1 is 1.29 bits per heavy atom. The minimum atomic E-state index is -0.502. The van der Waals surface area contributed by atoms with Gasteiger partial charge in [0.25, 0.3) is 0 Å². The summed E-state index contributed by atoms with van der Waals surface area (Å²) in [4.78, 5) is 14.3. The van der Waals surface area contributed by atoms with Gasteiger partial charge in [-0.05, 0) is 51.0 Å². The van der Waals surface area contributed by atoms with E-state index in [1.165, 1.54) is 0 Å². The van der Waals surface area contributed by atoms with Crippen molar-refractivity contribution in [3.05, 3.63) is 53.9 Å². The summed E-state index contributed by atoms with van der Waals surface area (Å²) in [7, 11) is 0. The molecule has 1 aliphatic heterocycles. The van der Waals surface area contributed by atoms with Crippen LogP contribution in [-0.4, -0.2) is 49.2 Å². The molecule has 0 radical (unpaired) electrons. The smallest absolute Gasteiger partial charge is 0.410 e. The lowest BCUT2D eigenvalue weighted by Gasteiger charge is -2.45. The molecule has 9 heteroatoms. The van der Waals surface area contributed by atoms with E-state index in [4.69, 9.17) is 15.6 Å². The fraction of sp³-hybridized carbons (Fsp3) is 0.462. The van der Waals surface area contributed by atoms with Crippen molar-refractivity contribution in [2.45, 2.75) is 58.2 Å². The van der Waals surface area contributed by atoms with Gasteiger partial charge in [0, 0.05) is 24.8 Å². The minimum absolute atomic E-state index is 0.0630. The number of nitriles is 1. The van der Waals surface area contributed by atoms with E-state index in [-0.39, 0.29) is 17.6 Å². The minimum Gasteiger partial charge on any atom is -0.444 e. The van der Waals surface area contributed by atoms with Crippen molar-refractivity contribution in [1.82, 2.24) is 24.5 Å². The molecule has 35 heavy (non-hydrogen) atoms. The second kappa shape index (κ2) is 8.45. The number of ether oxygens (including phenoxy) is 1. The molecule has 3 aromatic rings. The third-order valence-electron chi connectivity index (χ3n) is 6.93. The first-order chi connectivity index (χ1) is 16.7. The van der Waals surface area contributed by atoms with Gasteiger partial charge in [-0.25, -0.2) is 9.48 Å². The number of nitrogens with zero attached hydrogens (tertiary/aromatic N) is 6. The molecule has 0 atom stereocenters. The highest BCUT2D eigenvalue weighted by molar-refractivity contribution is 5.72. The molecule has 1 saturated heterocycles. The van der Waals surface area contributed by atoms with Gasteiger partial charge >= 0.3 is 6.09 Å². The number of nitrogens with two attached hydrogens (primary N) is 1. The third kappa shape index (κ3) is 4.48. The average molecular weight is 474 g/mol. The molecule has 2 fully saturated rings. The van der Waals surface area contributed by atoms with Crippen LogP contribution in [0, 0.1) is 16.7 Å². The lowest BCUT2D eigenvalue weighted by molar-refractivity contribution is 0.0188. The van der Waals surface area contributed by atoms with Gasteiger partial charge in [-0.3, -0.25) is 4.68 Å². The number of nitrogen functional groups attached to an aromatic ring is 1. The number of aromatic nitrogens is 4. The lowest BCUT2D eigenvalue weighted by Crippen LogP contribution is -2.43. The van der Waals surface area contributed by atoms with Gasteiger partial charge in [0.1, 0.15) is 28.7 Å². The quantitative estimate of drug-likeness (QED) is 0.607. The average Bonchev–Trinajstić information content (AvgIpc) is 3.49. The van der Waals surface area contributed by atoms with Gasteiger partial charge < -0.3 is 15.4 Å². The van der Waals surface area contributed by atoms with Crippen molar-refractivity contribution in [3.8, 4) is 17.3 Å². The van der Waals surface area contributed by atoms with Crippen LogP contribution >= 0.6 is 0 Å². The summed E-state index contributed by atoms with van der Waals surface area (Å²) in [6.45, 7) is 7.67. The molecule has 1 amide bonds. The molecule has 0 bridgehead atoms. The maximum Gasteiger partial charge on any atom is 0.410 e. The van der Waals surface area contributed by atoms with E-state index in [0.29, 0.717) is 36.7 Å². The summed E-state index contributed by atoms with van der Waals surface area (Å²) in [5, 5.41) is 19.0. The van der Waals surface area contributed by atoms with Crippen LogP contribution in [0.4, 0.5) is 10.6 Å². The fourth-order valence-corrected chi connectivity index (χ4v) is 5.24. The Morgan fingerprint density at radius 2 is 2.03 bits per heavy atom. The molecule has 3 heterocycles. The molecular formula is C26H31N7O2. The first kappa shape index (κ1) is 23.0. The third-order valence-corrected chi connectivity index (χ3v) is 6.93. The summed E-state index contributed by atoms with van der Waals surface area (Å²) >= 11 is 0. The van der Waals surface area contributed by atoms with Crippen molar-refractivity contribution in [2.75, 3.05) is 18.8 Å². The summed E-state index contributed by atoms with van der Waals surface area (Å²) in [5.74, 6) is 0.389. The molecule has 1 spiro atoms. The Labute approximate surface area is 205 Å². The number of amides is 1. The molecule has 182 valence electrons. The zero-order valence-electron chi connectivity index (χ0n) is 20.4. The Morgan fingerprint density at radius 3 is 2.71 bits per heavy atom. The largest absolute Gasteiger partial charge is 0.444 e. The Bertz CT molecular complexity index is 1270. The highest BCUT2D eigenvalue weighted by Crippen LogP contribution is 2.54. The van der Waals surface area contributed by atoms with Crippen molar-refractivity contribution in [1.29, 1.82) is 5.26 Å². The maximum absolute atomic E-state index is 12.5. The zero-order valence-corrected chi connectivity index (χ0v) is 20.4. The normalized spacial score (nSPS) is 21.7. The zero-order chi connectivity index (χ0) is 24.8. The van der Waals surface area contributed by atoms with E-state index in [2.05, 4.69) is 11.2 Å². The second-order valence-corrected chi connectivity index (χ2v) is 10.8. The summed E-state index contributed by atoms with van der Waals surface area (Å²) < 4.78 is 9.17. The standard InChI is InChI=1S/C26H31N7O2/c1-25(2,3)35-24(34)31-10-9-26(17-31)11-20(12-26)33-23(28)21(13-27)22(30-33)19-14-29-32(16-19)15-18-7-5-4-6-8-18/h4-8,14,16,20H,9-12,15,17,28H2,1-3H3. The Hall–Kier alpha value is -3.80. The van der Waals surface area contributed by atoms with Crippen LogP contribution in [0.3, 0.4) is 0 Å². The maximum atomic E-state index is 12.5. The van der Waals surface area contributed by atoms with Gasteiger partial charge in [-0.15, -0.1) is 0 Å². The van der Waals surface area contributed by atoms with Crippen molar-refractivity contribution >= 4 is 11.9 Å². The van der Waals surface area contributed by atoms with Crippen LogP contribution < -0.4 is 5.73 Å². The number of carbonyl (C=O) groups excluding carboxylic acids is 1. The topological polar surface area (TPSA) is 115 Å². The molecule has 1 saturated carbocycles. The van der Waals surface area contributed by atoms with Crippen LogP contribution in [0.1, 0.15) is 57.2 Å². The van der Waals surface area contributed by atoms with Gasteiger partial charge in [-0.1, -0.05) is 30.3 Å². The van der Waals surface area contributed by atoms with Crippen molar-refractivity contribution in [3.63, 3.8) is 0 Å². The molecule has 2 aliphatic rings. The SMILES string of the molecule is CC(C)(C)OC(=O)N1CCC2(CC(n3nc(-c4cnn(Cc5ccccc5)c4)c(C#N)c3N)C2)C1. The van der Waals surface area contributed by atoms with Crippen molar-refractivity contribution in [2.24, 2.45) is 5.41 Å². The van der Waals surface area contributed by atoms with Gasteiger partial charge in [0.2, 0.25) is 0 Å². The van der Waals surface area contributed by atoms with E-state index < -0.39 is 5.60 Å². The number of carbonyl (C=O) groups is 1. The first-order valence-electron chi connectivity index (χ1n) is 12.0. The molecule has 2 aromatic heterocycles. The van der Waals surface area contributed by atoms with Gasteiger partial charge in [0.05, 0.1) is 18.8 Å². The van der Waals surface area contributed by atoms with Gasteiger partial charge in [0.15, 0.2) is 0 Å². The van der Waals surface area contributed by atoms with E-state index in [1.54, 1.807) is 15.8 Å². The summed E-state index contributed by atoms with van der Waals surface area (Å²) in [5.41, 5.74) is 8.81.